The lowest BCUT2D eigenvalue weighted by Crippen LogP contribution is -2.52. The largest absolute Gasteiger partial charge is 0.455 e. The van der Waals surface area contributed by atoms with Gasteiger partial charge in [0, 0.05) is 51.3 Å². The summed E-state index contributed by atoms with van der Waals surface area (Å²) in [4.78, 5) is 28.7. The molecule has 9 heteroatoms. The average Bonchev–Trinajstić information content (AvgIpc) is 3.30. The summed E-state index contributed by atoms with van der Waals surface area (Å²) in [6.07, 6.45) is 4.77. The van der Waals surface area contributed by atoms with Crippen LogP contribution in [0.5, 0.6) is 0 Å². The second-order valence-electron chi connectivity index (χ2n) is 7.89. The quantitative estimate of drug-likeness (QED) is 0.751. The maximum Gasteiger partial charge on any atom is 0.289 e. The van der Waals surface area contributed by atoms with Gasteiger partial charge in [0.1, 0.15) is 10.7 Å². The number of hydrogen-bond acceptors (Lipinski definition) is 5. The molecule has 1 aromatic heterocycles. The van der Waals surface area contributed by atoms with Gasteiger partial charge in [0.25, 0.3) is 5.91 Å². The van der Waals surface area contributed by atoms with Gasteiger partial charge >= 0.3 is 0 Å². The second kappa shape index (κ2) is 7.51. The highest BCUT2D eigenvalue weighted by Crippen LogP contribution is 2.29. The zero-order chi connectivity index (χ0) is 19.9. The Kier molecular flexibility index (Phi) is 5.22. The highest BCUT2D eigenvalue weighted by Gasteiger charge is 2.35. The number of furan rings is 1. The molecular weight excluding hydrogens is 382 g/mol. The molecule has 2 amide bonds. The van der Waals surface area contributed by atoms with Gasteiger partial charge in [0.15, 0.2) is 5.76 Å². The second-order valence-corrected chi connectivity index (χ2v) is 9.79. The predicted molar refractivity (Wildman–Crippen MR) is 101 cm³/mol. The van der Waals surface area contributed by atoms with Crippen molar-refractivity contribution in [2.45, 2.75) is 43.9 Å². The molecule has 0 aromatic carbocycles. The predicted octanol–water partition coefficient (Wildman–Crippen LogP) is 1.46. The number of carbonyl (C=O) groups is 2. The summed E-state index contributed by atoms with van der Waals surface area (Å²) in [6, 6.07) is 1.36. The summed E-state index contributed by atoms with van der Waals surface area (Å²) in [5.41, 5.74) is 0. The highest BCUT2D eigenvalue weighted by atomic mass is 32.2. The lowest BCUT2D eigenvalue weighted by atomic mass is 9.84. The molecular formula is C19H27N3O5S. The number of aryl methyl sites for hydroxylation is 1. The minimum atomic E-state index is -3.62. The molecule has 0 spiro atoms. The van der Waals surface area contributed by atoms with Gasteiger partial charge in [-0.05, 0) is 32.6 Å². The van der Waals surface area contributed by atoms with Gasteiger partial charge < -0.3 is 14.2 Å². The van der Waals surface area contributed by atoms with Crippen molar-refractivity contribution in [2.24, 2.45) is 5.92 Å². The van der Waals surface area contributed by atoms with Gasteiger partial charge in [-0.25, -0.2) is 8.42 Å². The van der Waals surface area contributed by atoms with Crippen LogP contribution in [0.25, 0.3) is 0 Å². The van der Waals surface area contributed by atoms with Crippen LogP contribution in [0, 0.1) is 12.8 Å². The first-order valence-electron chi connectivity index (χ1n) is 10.1. The molecule has 0 N–H and O–H groups in total. The summed E-state index contributed by atoms with van der Waals surface area (Å²) in [5, 5.41) is 0. The van der Waals surface area contributed by atoms with E-state index in [0.717, 1.165) is 32.1 Å². The summed E-state index contributed by atoms with van der Waals surface area (Å²) in [6.45, 7) is 4.49. The summed E-state index contributed by atoms with van der Waals surface area (Å²) >= 11 is 0. The number of hydrogen-bond donors (Lipinski definition) is 0. The Morgan fingerprint density at radius 3 is 2.14 bits per heavy atom. The fraction of sp³-hybridized carbons (Fsp3) is 0.684. The standard InChI is InChI=1S/C19H27N3O5S/c1-14-17(28(25,26)22-7-2-3-8-22)13-16(27-14)19(24)21-11-9-20(10-12-21)18(23)15-5-4-6-15/h13,15H,2-12H2,1H3. The van der Waals surface area contributed by atoms with Crippen LogP contribution in [0.15, 0.2) is 15.4 Å². The molecule has 28 heavy (non-hydrogen) atoms. The first-order valence-corrected chi connectivity index (χ1v) is 11.5. The van der Waals surface area contributed by atoms with Crippen molar-refractivity contribution in [2.75, 3.05) is 39.3 Å². The third-order valence-corrected chi connectivity index (χ3v) is 8.10. The van der Waals surface area contributed by atoms with E-state index in [1.165, 1.54) is 10.4 Å². The third kappa shape index (κ3) is 3.45. The fourth-order valence-corrected chi connectivity index (χ4v) is 5.77. The number of carbonyl (C=O) groups excluding carboxylic acids is 2. The van der Waals surface area contributed by atoms with E-state index in [1.807, 2.05) is 4.90 Å². The van der Waals surface area contributed by atoms with E-state index in [-0.39, 0.29) is 34.1 Å². The number of piperazine rings is 1. The Labute approximate surface area is 165 Å². The first-order chi connectivity index (χ1) is 13.4. The molecule has 0 radical (unpaired) electrons. The van der Waals surface area contributed by atoms with E-state index in [1.54, 1.807) is 11.8 Å². The molecule has 4 rings (SSSR count). The lowest BCUT2D eigenvalue weighted by molar-refractivity contribution is -0.139. The molecule has 1 aliphatic carbocycles. The zero-order valence-electron chi connectivity index (χ0n) is 16.2. The van der Waals surface area contributed by atoms with Crippen molar-refractivity contribution < 1.29 is 22.4 Å². The number of rotatable bonds is 4. The molecule has 2 aliphatic heterocycles. The topological polar surface area (TPSA) is 91.1 Å². The Morgan fingerprint density at radius 2 is 1.57 bits per heavy atom. The monoisotopic (exact) mass is 409 g/mol. The van der Waals surface area contributed by atoms with Crippen LogP contribution in [0.4, 0.5) is 0 Å². The van der Waals surface area contributed by atoms with Crippen LogP contribution < -0.4 is 0 Å². The maximum absolute atomic E-state index is 12.8. The zero-order valence-corrected chi connectivity index (χ0v) is 17.0. The van der Waals surface area contributed by atoms with Crippen molar-refractivity contribution in [1.29, 1.82) is 0 Å². The van der Waals surface area contributed by atoms with Gasteiger partial charge in [0.2, 0.25) is 15.9 Å². The van der Waals surface area contributed by atoms with Crippen LogP contribution in [0.1, 0.15) is 48.4 Å². The summed E-state index contributed by atoms with van der Waals surface area (Å²) < 4.78 is 32.5. The molecule has 1 aromatic rings. The number of nitrogens with zero attached hydrogens (tertiary/aromatic N) is 3. The van der Waals surface area contributed by atoms with Crippen LogP contribution in [0.3, 0.4) is 0 Å². The molecule has 1 saturated carbocycles. The van der Waals surface area contributed by atoms with Gasteiger partial charge in [-0.15, -0.1) is 0 Å². The van der Waals surface area contributed by atoms with Gasteiger partial charge in [-0.3, -0.25) is 9.59 Å². The van der Waals surface area contributed by atoms with Crippen molar-refractivity contribution in [3.63, 3.8) is 0 Å². The van der Waals surface area contributed by atoms with Crippen molar-refractivity contribution in [3.8, 4) is 0 Å². The van der Waals surface area contributed by atoms with E-state index < -0.39 is 10.0 Å². The Bertz CT molecular complexity index is 860. The van der Waals surface area contributed by atoms with Gasteiger partial charge in [-0.2, -0.15) is 4.31 Å². The van der Waals surface area contributed by atoms with Crippen LogP contribution >= 0.6 is 0 Å². The lowest BCUT2D eigenvalue weighted by Gasteiger charge is -2.37. The van der Waals surface area contributed by atoms with Crippen molar-refractivity contribution >= 4 is 21.8 Å². The smallest absolute Gasteiger partial charge is 0.289 e. The third-order valence-electron chi connectivity index (χ3n) is 6.10. The number of amides is 2. The molecule has 154 valence electrons. The van der Waals surface area contributed by atoms with Gasteiger partial charge in [-0.1, -0.05) is 6.42 Å². The fourth-order valence-electron chi connectivity index (χ4n) is 4.09. The molecule has 0 unspecified atom stereocenters. The Hall–Kier alpha value is -1.87. The van der Waals surface area contributed by atoms with E-state index in [2.05, 4.69) is 0 Å². The highest BCUT2D eigenvalue weighted by molar-refractivity contribution is 7.89. The molecule has 3 fully saturated rings. The maximum atomic E-state index is 12.8. The molecule has 0 bridgehead atoms. The van der Waals surface area contributed by atoms with E-state index in [9.17, 15) is 18.0 Å². The number of sulfonamides is 1. The minimum Gasteiger partial charge on any atom is -0.455 e. The Morgan fingerprint density at radius 1 is 0.964 bits per heavy atom. The van der Waals surface area contributed by atoms with Crippen LogP contribution in [-0.4, -0.2) is 73.6 Å². The van der Waals surface area contributed by atoms with Crippen molar-refractivity contribution in [1.82, 2.24) is 14.1 Å². The van der Waals surface area contributed by atoms with E-state index in [0.29, 0.717) is 39.3 Å². The molecule has 8 nitrogen and oxygen atoms in total. The molecule has 3 heterocycles. The summed E-state index contributed by atoms with van der Waals surface area (Å²) in [7, 11) is -3.62. The summed E-state index contributed by atoms with van der Waals surface area (Å²) in [5.74, 6) is 0.337. The van der Waals surface area contributed by atoms with Crippen LogP contribution in [0.2, 0.25) is 0 Å². The SMILES string of the molecule is Cc1oc(C(=O)N2CCN(C(=O)C3CCC3)CC2)cc1S(=O)(=O)N1CCCC1. The molecule has 2 saturated heterocycles. The molecule has 0 atom stereocenters. The van der Waals surface area contributed by atoms with E-state index in [4.69, 9.17) is 4.42 Å². The average molecular weight is 410 g/mol. The minimum absolute atomic E-state index is 0.0500. The van der Waals surface area contributed by atoms with Crippen molar-refractivity contribution in [3.05, 3.63) is 17.6 Å². The van der Waals surface area contributed by atoms with E-state index >= 15 is 0 Å². The first kappa shape index (κ1) is 19.4. The normalized spacial score (nSPS) is 21.8. The van der Waals surface area contributed by atoms with Gasteiger partial charge in [0.05, 0.1) is 0 Å². The molecule has 3 aliphatic rings. The van der Waals surface area contributed by atoms with Crippen LogP contribution in [-0.2, 0) is 14.8 Å². The Balaban J connectivity index is 1.42.